The molecular formula is C32H21BrN2O4. The molecule has 39 heavy (non-hydrogen) atoms. The summed E-state index contributed by atoms with van der Waals surface area (Å²) in [4.78, 5) is 46.2. The summed E-state index contributed by atoms with van der Waals surface area (Å²) in [6.45, 7) is 0. The number of rotatable bonds is 4. The first-order valence-corrected chi connectivity index (χ1v) is 13.4. The first kappa shape index (κ1) is 23.7. The van der Waals surface area contributed by atoms with Crippen molar-refractivity contribution in [2.75, 3.05) is 4.90 Å². The van der Waals surface area contributed by atoms with E-state index < -0.39 is 23.2 Å². The van der Waals surface area contributed by atoms with Gasteiger partial charge in [-0.1, -0.05) is 70.5 Å². The molecule has 190 valence electrons. The van der Waals surface area contributed by atoms with Crippen LogP contribution in [-0.4, -0.2) is 29.1 Å². The molecular weight excluding hydrogens is 556 g/mol. The predicted octanol–water partition coefficient (Wildman–Crippen LogP) is 6.10. The first-order valence-electron chi connectivity index (χ1n) is 12.6. The maximum atomic E-state index is 14.4. The van der Waals surface area contributed by atoms with Gasteiger partial charge in [-0.05, 0) is 64.7 Å². The highest BCUT2D eigenvalue weighted by Gasteiger charge is 2.67. The first-order chi connectivity index (χ1) is 18.9. The number of halogens is 1. The summed E-state index contributed by atoms with van der Waals surface area (Å²) in [7, 11) is 0. The van der Waals surface area contributed by atoms with Crippen molar-refractivity contribution in [2.24, 2.45) is 16.8 Å². The largest absolute Gasteiger partial charge is 0.478 e. The second kappa shape index (κ2) is 8.58. The summed E-state index contributed by atoms with van der Waals surface area (Å²) >= 11 is 3.44. The van der Waals surface area contributed by atoms with Crippen molar-refractivity contribution in [2.45, 2.75) is 11.3 Å². The number of hydrogen-bond donors (Lipinski definition) is 1. The number of nitrogens with zero attached hydrogens (tertiary/aromatic N) is 2. The third-order valence-corrected chi connectivity index (χ3v) is 8.81. The van der Waals surface area contributed by atoms with Crippen LogP contribution in [0.5, 0.6) is 0 Å². The van der Waals surface area contributed by atoms with E-state index in [1.165, 1.54) is 17.0 Å². The van der Waals surface area contributed by atoms with E-state index in [1.807, 2.05) is 60.7 Å². The number of carbonyl (C=O) groups is 3. The zero-order valence-electron chi connectivity index (χ0n) is 20.5. The molecule has 4 aliphatic rings. The molecule has 0 unspecified atom stereocenters. The van der Waals surface area contributed by atoms with E-state index >= 15 is 0 Å². The fourth-order valence-electron chi connectivity index (χ4n) is 6.79. The van der Waals surface area contributed by atoms with Crippen LogP contribution in [0.25, 0.3) is 0 Å². The lowest BCUT2D eigenvalue weighted by molar-refractivity contribution is -0.122. The molecule has 0 aromatic heterocycles. The molecule has 1 aliphatic heterocycles. The zero-order chi connectivity index (χ0) is 26.9. The fourth-order valence-corrected chi connectivity index (χ4v) is 7.05. The normalized spacial score (nSPS) is 24.5. The lowest BCUT2D eigenvalue weighted by Crippen LogP contribution is -2.54. The molecule has 1 N–H and O–H groups in total. The maximum absolute atomic E-state index is 14.4. The number of anilines is 1. The summed E-state index contributed by atoms with van der Waals surface area (Å²) < 4.78 is 0.856. The van der Waals surface area contributed by atoms with Crippen molar-refractivity contribution in [1.29, 1.82) is 0 Å². The Morgan fingerprint density at radius 3 is 2.13 bits per heavy atom. The summed E-state index contributed by atoms with van der Waals surface area (Å²) in [5, 5.41) is 9.49. The van der Waals surface area contributed by atoms with Gasteiger partial charge >= 0.3 is 5.97 Å². The van der Waals surface area contributed by atoms with Crippen LogP contribution in [-0.2, 0) is 15.0 Å². The van der Waals surface area contributed by atoms with Crippen LogP contribution in [0.1, 0.15) is 38.5 Å². The van der Waals surface area contributed by atoms with E-state index in [2.05, 4.69) is 15.9 Å². The quantitative estimate of drug-likeness (QED) is 0.235. The fraction of sp³-hybridized carbons (Fsp3) is 0.125. The summed E-state index contributed by atoms with van der Waals surface area (Å²) in [5.41, 5.74) is 4.05. The van der Waals surface area contributed by atoms with E-state index in [0.717, 1.165) is 26.7 Å². The number of hydrogen-bond acceptors (Lipinski definition) is 4. The molecule has 8 rings (SSSR count). The van der Waals surface area contributed by atoms with Gasteiger partial charge in [-0.15, -0.1) is 0 Å². The standard InChI is InChI=1S/C32H21BrN2O4/c33-19-12-14-21(15-13-19)35-29(36)27-26-22-8-1-3-10-24(22)32(28(27)30(35)37,25-11-4-2-9-23(25)26)17-34-20-7-5-6-18(16-20)31(38)39/h1-17,26-28H,(H,38,39)/t26?,27-,28-,32?/m1/s1. The van der Waals surface area contributed by atoms with Crippen molar-refractivity contribution in [3.8, 4) is 0 Å². The Balaban J connectivity index is 1.48. The molecule has 0 radical (unpaired) electrons. The second-order valence-corrected chi connectivity index (χ2v) is 11.0. The van der Waals surface area contributed by atoms with Crippen LogP contribution >= 0.6 is 15.9 Å². The van der Waals surface area contributed by atoms with E-state index in [1.54, 1.807) is 30.5 Å². The number of aromatic carboxylic acids is 1. The SMILES string of the molecule is O=C(O)c1cccc(N=CC23c4ccccc4C(c4ccccc42)[C@H]2C(=O)N(c4ccc(Br)cc4)C(=O)[C@@H]23)c1. The maximum Gasteiger partial charge on any atom is 0.335 e. The van der Waals surface area contributed by atoms with Crippen LogP contribution in [0.4, 0.5) is 11.4 Å². The van der Waals surface area contributed by atoms with E-state index in [4.69, 9.17) is 4.99 Å². The number of carboxylic acid groups (broad SMARTS) is 1. The minimum absolute atomic E-state index is 0.127. The van der Waals surface area contributed by atoms with Gasteiger partial charge in [0.05, 0.1) is 34.2 Å². The van der Waals surface area contributed by atoms with Crippen LogP contribution in [0.3, 0.4) is 0 Å². The Hall–Kier alpha value is -4.36. The molecule has 2 bridgehead atoms. The van der Waals surface area contributed by atoms with Gasteiger partial charge in [0.15, 0.2) is 0 Å². The van der Waals surface area contributed by atoms with E-state index in [-0.39, 0.29) is 23.3 Å². The Labute approximate surface area is 232 Å². The lowest BCUT2D eigenvalue weighted by Gasteiger charge is -2.52. The molecule has 1 heterocycles. The van der Waals surface area contributed by atoms with Crippen LogP contribution in [0.15, 0.2) is 107 Å². The van der Waals surface area contributed by atoms with E-state index in [9.17, 15) is 19.5 Å². The number of imide groups is 1. The van der Waals surface area contributed by atoms with Gasteiger partial charge in [0.25, 0.3) is 0 Å². The van der Waals surface area contributed by atoms with Crippen molar-refractivity contribution in [3.63, 3.8) is 0 Å². The van der Waals surface area contributed by atoms with Gasteiger partial charge in [0.1, 0.15) is 0 Å². The summed E-state index contributed by atoms with van der Waals surface area (Å²) in [6, 6.07) is 29.6. The summed E-state index contributed by atoms with van der Waals surface area (Å²) in [5.74, 6) is -3.07. The third kappa shape index (κ3) is 3.26. The van der Waals surface area contributed by atoms with Crippen LogP contribution < -0.4 is 4.90 Å². The molecule has 3 aliphatic carbocycles. The molecule has 6 nitrogen and oxygen atoms in total. The average molecular weight is 577 g/mol. The minimum atomic E-state index is -1.04. The zero-order valence-corrected chi connectivity index (χ0v) is 22.1. The van der Waals surface area contributed by atoms with Crippen molar-refractivity contribution in [1.82, 2.24) is 0 Å². The molecule has 2 atom stereocenters. The number of aliphatic imine (C=N–C) groups is 1. The smallest absolute Gasteiger partial charge is 0.335 e. The number of amides is 2. The molecule has 0 saturated carbocycles. The topological polar surface area (TPSA) is 87.0 Å². The molecule has 4 aromatic carbocycles. The number of carbonyl (C=O) groups excluding carboxylic acids is 2. The number of benzene rings is 4. The number of carboxylic acids is 1. The monoisotopic (exact) mass is 576 g/mol. The van der Waals surface area contributed by atoms with E-state index in [0.29, 0.717) is 11.4 Å². The molecule has 2 amide bonds. The molecule has 7 heteroatoms. The van der Waals surface area contributed by atoms with Crippen LogP contribution in [0, 0.1) is 11.8 Å². The van der Waals surface area contributed by atoms with Gasteiger partial charge < -0.3 is 5.11 Å². The highest BCUT2D eigenvalue weighted by molar-refractivity contribution is 9.10. The average Bonchev–Trinajstić information content (AvgIpc) is 3.23. The highest BCUT2D eigenvalue weighted by Crippen LogP contribution is 2.63. The van der Waals surface area contributed by atoms with Gasteiger partial charge in [0.2, 0.25) is 11.8 Å². The molecule has 0 spiro atoms. The van der Waals surface area contributed by atoms with Gasteiger partial charge in [-0.2, -0.15) is 0 Å². The van der Waals surface area contributed by atoms with Gasteiger partial charge in [-0.25, -0.2) is 9.69 Å². The Kier molecular flexibility index (Phi) is 5.22. The molecule has 4 aromatic rings. The Bertz CT molecular complexity index is 1680. The minimum Gasteiger partial charge on any atom is -0.478 e. The predicted molar refractivity (Wildman–Crippen MR) is 151 cm³/mol. The second-order valence-electron chi connectivity index (χ2n) is 10.1. The summed E-state index contributed by atoms with van der Waals surface area (Å²) in [6.07, 6.45) is 1.77. The van der Waals surface area contributed by atoms with Gasteiger partial charge in [-0.3, -0.25) is 14.6 Å². The van der Waals surface area contributed by atoms with Crippen molar-refractivity contribution < 1.29 is 19.5 Å². The third-order valence-electron chi connectivity index (χ3n) is 8.28. The van der Waals surface area contributed by atoms with Gasteiger partial charge in [0, 0.05) is 16.6 Å². The van der Waals surface area contributed by atoms with Crippen molar-refractivity contribution in [3.05, 3.63) is 129 Å². The lowest BCUT2D eigenvalue weighted by atomic mass is 9.47. The molecule has 1 saturated heterocycles. The Morgan fingerprint density at radius 2 is 1.49 bits per heavy atom. The highest BCUT2D eigenvalue weighted by atomic mass is 79.9. The molecule has 1 fully saturated rings. The Morgan fingerprint density at radius 1 is 0.846 bits per heavy atom. The van der Waals surface area contributed by atoms with Crippen molar-refractivity contribution >= 4 is 51.3 Å². The van der Waals surface area contributed by atoms with Crippen LogP contribution in [0.2, 0.25) is 0 Å².